The molecule has 0 saturated carbocycles. The smallest absolute Gasteiger partial charge is 0.0942 e. The lowest BCUT2D eigenvalue weighted by atomic mass is 10.3. The SMILES string of the molecule is Cc1cc(SC2CNC2)n(C)n1. The van der Waals surface area contributed by atoms with Crippen molar-refractivity contribution in [2.24, 2.45) is 7.05 Å². The topological polar surface area (TPSA) is 29.9 Å². The van der Waals surface area contributed by atoms with Crippen LogP contribution in [0.1, 0.15) is 5.69 Å². The highest BCUT2D eigenvalue weighted by molar-refractivity contribution is 8.00. The maximum Gasteiger partial charge on any atom is 0.0942 e. The van der Waals surface area contributed by atoms with Gasteiger partial charge in [0, 0.05) is 25.4 Å². The van der Waals surface area contributed by atoms with Crippen LogP contribution in [-0.4, -0.2) is 28.1 Å². The zero-order valence-electron chi connectivity index (χ0n) is 7.37. The Bertz CT molecular complexity index is 278. The molecule has 0 unspecified atom stereocenters. The molecule has 66 valence electrons. The highest BCUT2D eigenvalue weighted by Crippen LogP contribution is 2.25. The van der Waals surface area contributed by atoms with Crippen molar-refractivity contribution >= 4 is 11.8 Å². The number of hydrogen-bond acceptors (Lipinski definition) is 3. The Kier molecular flexibility index (Phi) is 2.11. The summed E-state index contributed by atoms with van der Waals surface area (Å²) in [6.45, 7) is 4.30. The fourth-order valence-electron chi connectivity index (χ4n) is 1.21. The standard InChI is InChI=1S/C8H13N3S/c1-6-3-8(11(2)10-6)12-7-4-9-5-7/h3,7,9H,4-5H2,1-2H3. The third-order valence-electron chi connectivity index (χ3n) is 1.99. The summed E-state index contributed by atoms with van der Waals surface area (Å²) in [6, 6.07) is 2.14. The molecule has 2 heterocycles. The number of rotatable bonds is 2. The molecule has 0 radical (unpaired) electrons. The second kappa shape index (κ2) is 3.11. The second-order valence-corrected chi connectivity index (χ2v) is 4.47. The van der Waals surface area contributed by atoms with Crippen LogP contribution in [0.15, 0.2) is 11.1 Å². The van der Waals surface area contributed by atoms with Crippen molar-refractivity contribution in [3.8, 4) is 0 Å². The van der Waals surface area contributed by atoms with Gasteiger partial charge in [0.2, 0.25) is 0 Å². The molecule has 0 atom stereocenters. The summed E-state index contributed by atoms with van der Waals surface area (Å²) in [7, 11) is 2.00. The fraction of sp³-hybridized carbons (Fsp3) is 0.625. The van der Waals surface area contributed by atoms with E-state index in [2.05, 4.69) is 16.5 Å². The predicted molar refractivity (Wildman–Crippen MR) is 50.5 cm³/mol. The first-order valence-corrected chi connectivity index (χ1v) is 5.01. The van der Waals surface area contributed by atoms with Gasteiger partial charge in [0.25, 0.3) is 0 Å². The van der Waals surface area contributed by atoms with E-state index in [-0.39, 0.29) is 0 Å². The Morgan fingerprint density at radius 3 is 2.83 bits per heavy atom. The Balaban J connectivity index is 2.05. The van der Waals surface area contributed by atoms with Gasteiger partial charge in [-0.1, -0.05) is 0 Å². The summed E-state index contributed by atoms with van der Waals surface area (Å²) in [5.74, 6) is 0. The summed E-state index contributed by atoms with van der Waals surface area (Å²) in [6.07, 6.45) is 0. The number of aryl methyl sites for hydroxylation is 2. The van der Waals surface area contributed by atoms with E-state index in [1.165, 1.54) is 5.03 Å². The average Bonchev–Trinajstić information content (AvgIpc) is 2.21. The van der Waals surface area contributed by atoms with Crippen LogP contribution in [0.4, 0.5) is 0 Å². The first-order valence-electron chi connectivity index (χ1n) is 4.14. The van der Waals surface area contributed by atoms with Crippen molar-refractivity contribution in [1.29, 1.82) is 0 Å². The quantitative estimate of drug-likeness (QED) is 0.735. The number of hydrogen-bond donors (Lipinski definition) is 1. The Hall–Kier alpha value is -0.480. The molecule has 1 aliphatic heterocycles. The molecule has 0 spiro atoms. The molecular formula is C8H13N3S. The van der Waals surface area contributed by atoms with E-state index < -0.39 is 0 Å². The van der Waals surface area contributed by atoms with Gasteiger partial charge in [0.15, 0.2) is 0 Å². The highest BCUT2D eigenvalue weighted by atomic mass is 32.2. The molecule has 12 heavy (non-hydrogen) atoms. The molecular weight excluding hydrogens is 170 g/mol. The van der Waals surface area contributed by atoms with E-state index in [1.54, 1.807) is 0 Å². The minimum absolute atomic E-state index is 0.750. The van der Waals surface area contributed by atoms with Crippen molar-refractivity contribution in [1.82, 2.24) is 15.1 Å². The number of nitrogens with zero attached hydrogens (tertiary/aromatic N) is 2. The summed E-state index contributed by atoms with van der Waals surface area (Å²) in [5, 5.41) is 9.58. The molecule has 1 aliphatic rings. The summed E-state index contributed by atoms with van der Waals surface area (Å²) >= 11 is 1.92. The van der Waals surface area contributed by atoms with Crippen LogP contribution in [0.3, 0.4) is 0 Å². The van der Waals surface area contributed by atoms with Gasteiger partial charge >= 0.3 is 0 Å². The third kappa shape index (κ3) is 1.49. The van der Waals surface area contributed by atoms with Crippen LogP contribution in [-0.2, 0) is 7.05 Å². The number of nitrogens with one attached hydrogen (secondary N) is 1. The lowest BCUT2D eigenvalue weighted by Crippen LogP contribution is -2.44. The van der Waals surface area contributed by atoms with E-state index in [4.69, 9.17) is 0 Å². The molecule has 0 amide bonds. The fourth-order valence-corrected chi connectivity index (χ4v) is 2.39. The van der Waals surface area contributed by atoms with E-state index >= 15 is 0 Å². The maximum atomic E-state index is 4.30. The molecule has 1 aromatic heterocycles. The van der Waals surface area contributed by atoms with Gasteiger partial charge in [-0.3, -0.25) is 4.68 Å². The Labute approximate surface area is 76.5 Å². The second-order valence-electron chi connectivity index (χ2n) is 3.15. The molecule has 1 fully saturated rings. The molecule has 3 nitrogen and oxygen atoms in total. The van der Waals surface area contributed by atoms with Crippen LogP contribution < -0.4 is 5.32 Å². The lowest BCUT2D eigenvalue weighted by Gasteiger charge is -2.25. The first kappa shape index (κ1) is 8.13. The van der Waals surface area contributed by atoms with Gasteiger partial charge in [-0.15, -0.1) is 11.8 Å². The van der Waals surface area contributed by atoms with Crippen molar-refractivity contribution in [2.75, 3.05) is 13.1 Å². The van der Waals surface area contributed by atoms with Crippen LogP contribution in [0, 0.1) is 6.92 Å². The van der Waals surface area contributed by atoms with Gasteiger partial charge in [0.05, 0.1) is 10.7 Å². The average molecular weight is 183 g/mol. The molecule has 1 aromatic rings. The normalized spacial score (nSPS) is 17.8. The highest BCUT2D eigenvalue weighted by Gasteiger charge is 2.19. The van der Waals surface area contributed by atoms with E-state index in [0.717, 1.165) is 24.0 Å². The van der Waals surface area contributed by atoms with Crippen LogP contribution >= 0.6 is 11.8 Å². The lowest BCUT2D eigenvalue weighted by molar-refractivity contribution is 0.541. The van der Waals surface area contributed by atoms with Crippen LogP contribution in [0.25, 0.3) is 0 Å². The van der Waals surface area contributed by atoms with Crippen LogP contribution in [0.5, 0.6) is 0 Å². The minimum atomic E-state index is 0.750. The van der Waals surface area contributed by atoms with Gasteiger partial charge in [-0.05, 0) is 13.0 Å². The largest absolute Gasteiger partial charge is 0.314 e. The van der Waals surface area contributed by atoms with Crippen molar-refractivity contribution in [3.05, 3.63) is 11.8 Å². The predicted octanol–water partition coefficient (Wildman–Crippen LogP) is 0.792. The molecule has 1 N–H and O–H groups in total. The van der Waals surface area contributed by atoms with E-state index in [9.17, 15) is 0 Å². The van der Waals surface area contributed by atoms with E-state index in [1.807, 2.05) is 30.4 Å². The maximum absolute atomic E-state index is 4.30. The Morgan fingerprint density at radius 2 is 2.42 bits per heavy atom. The van der Waals surface area contributed by atoms with Crippen LogP contribution in [0.2, 0.25) is 0 Å². The van der Waals surface area contributed by atoms with Gasteiger partial charge < -0.3 is 5.32 Å². The molecule has 0 aliphatic carbocycles. The summed E-state index contributed by atoms with van der Waals surface area (Å²) in [5.41, 5.74) is 1.10. The van der Waals surface area contributed by atoms with Gasteiger partial charge in [-0.2, -0.15) is 5.10 Å². The van der Waals surface area contributed by atoms with E-state index in [0.29, 0.717) is 0 Å². The number of thioether (sulfide) groups is 1. The van der Waals surface area contributed by atoms with Crippen molar-refractivity contribution in [3.63, 3.8) is 0 Å². The zero-order valence-corrected chi connectivity index (χ0v) is 8.19. The van der Waals surface area contributed by atoms with Crippen molar-refractivity contribution in [2.45, 2.75) is 17.2 Å². The molecule has 4 heteroatoms. The van der Waals surface area contributed by atoms with Gasteiger partial charge in [-0.25, -0.2) is 0 Å². The monoisotopic (exact) mass is 183 g/mol. The van der Waals surface area contributed by atoms with Gasteiger partial charge in [0.1, 0.15) is 0 Å². The zero-order chi connectivity index (χ0) is 8.55. The summed E-state index contributed by atoms with van der Waals surface area (Å²) in [4.78, 5) is 0. The molecule has 0 bridgehead atoms. The third-order valence-corrected chi connectivity index (χ3v) is 3.28. The Morgan fingerprint density at radius 1 is 1.67 bits per heavy atom. The van der Waals surface area contributed by atoms with Crippen molar-refractivity contribution < 1.29 is 0 Å². The number of aromatic nitrogens is 2. The molecule has 1 saturated heterocycles. The minimum Gasteiger partial charge on any atom is -0.314 e. The molecule has 2 rings (SSSR count). The first-order chi connectivity index (χ1) is 5.75. The summed E-state index contributed by atoms with van der Waals surface area (Å²) < 4.78 is 1.96. The molecule has 0 aromatic carbocycles.